The smallest absolute Gasteiger partial charge is 0.129 e. The first-order valence-electron chi connectivity index (χ1n) is 5.30. The molecule has 4 heteroatoms. The molecule has 1 N–H and O–H groups in total. The van der Waals surface area contributed by atoms with E-state index in [4.69, 9.17) is 13.9 Å². The second kappa shape index (κ2) is 5.30. The monoisotopic (exact) mass is 211 g/mol. The minimum Gasteiger partial charge on any atom is -0.462 e. The lowest BCUT2D eigenvalue weighted by Gasteiger charge is -2.07. The zero-order valence-corrected chi connectivity index (χ0v) is 8.99. The second-order valence-corrected chi connectivity index (χ2v) is 3.69. The largest absolute Gasteiger partial charge is 0.462 e. The van der Waals surface area contributed by atoms with Crippen LogP contribution in [-0.2, 0) is 22.6 Å². The van der Waals surface area contributed by atoms with Gasteiger partial charge in [-0.05, 0) is 25.6 Å². The van der Waals surface area contributed by atoms with Crippen molar-refractivity contribution in [2.24, 2.45) is 0 Å². The molecule has 0 aromatic carbocycles. The Hall–Kier alpha value is -0.840. The van der Waals surface area contributed by atoms with Crippen molar-refractivity contribution in [2.75, 3.05) is 20.3 Å². The van der Waals surface area contributed by atoms with E-state index in [1.54, 1.807) is 0 Å². The predicted octanol–water partition coefficient (Wildman–Crippen LogP) is 1.30. The number of hydrogen-bond acceptors (Lipinski definition) is 4. The molecule has 2 rings (SSSR count). The Morgan fingerprint density at radius 1 is 1.47 bits per heavy atom. The molecule has 1 aromatic heterocycles. The first-order chi connectivity index (χ1) is 7.38. The van der Waals surface area contributed by atoms with E-state index in [1.807, 2.05) is 19.2 Å². The number of nitrogens with one attached hydrogen (secondary N) is 1. The second-order valence-electron chi connectivity index (χ2n) is 3.69. The first-order valence-corrected chi connectivity index (χ1v) is 5.30. The fraction of sp³-hybridized carbons (Fsp3) is 0.636. The van der Waals surface area contributed by atoms with Gasteiger partial charge in [0.15, 0.2) is 0 Å². The Labute approximate surface area is 89.6 Å². The summed E-state index contributed by atoms with van der Waals surface area (Å²) in [5, 5.41) is 3.04. The van der Waals surface area contributed by atoms with Gasteiger partial charge in [-0.25, -0.2) is 0 Å². The molecule has 0 saturated carbocycles. The molecular formula is C11H17NO3. The normalized spacial score (nSPS) is 21.0. The third kappa shape index (κ3) is 3.06. The molecule has 0 aliphatic carbocycles. The number of hydrogen-bond donors (Lipinski definition) is 1. The van der Waals surface area contributed by atoms with Crippen LogP contribution in [0.5, 0.6) is 0 Å². The van der Waals surface area contributed by atoms with Gasteiger partial charge < -0.3 is 19.2 Å². The molecule has 1 aromatic rings. The van der Waals surface area contributed by atoms with Crippen molar-refractivity contribution in [3.8, 4) is 0 Å². The maximum absolute atomic E-state index is 5.64. The summed E-state index contributed by atoms with van der Waals surface area (Å²) in [5.74, 6) is 1.82. The standard InChI is InChI=1S/C11H17NO3/c1-12-6-9-2-3-11(15-9)8-14-10-4-5-13-7-10/h2-3,10,12H,4-8H2,1H3. The third-order valence-corrected chi connectivity index (χ3v) is 2.42. The van der Waals surface area contributed by atoms with Crippen molar-refractivity contribution in [3.63, 3.8) is 0 Å². The van der Waals surface area contributed by atoms with Gasteiger partial charge in [0.05, 0.1) is 19.3 Å². The van der Waals surface area contributed by atoms with Crippen LogP contribution in [0.2, 0.25) is 0 Å². The molecule has 2 heterocycles. The summed E-state index contributed by atoms with van der Waals surface area (Å²) in [6, 6.07) is 3.93. The van der Waals surface area contributed by atoms with Gasteiger partial charge in [0.1, 0.15) is 18.1 Å². The van der Waals surface area contributed by atoms with Crippen LogP contribution in [0.4, 0.5) is 0 Å². The fourth-order valence-corrected chi connectivity index (χ4v) is 1.61. The fourth-order valence-electron chi connectivity index (χ4n) is 1.61. The average Bonchev–Trinajstić information content (AvgIpc) is 2.85. The van der Waals surface area contributed by atoms with E-state index in [2.05, 4.69) is 5.32 Å². The van der Waals surface area contributed by atoms with Gasteiger partial charge in [-0.3, -0.25) is 0 Å². The Morgan fingerprint density at radius 3 is 3.07 bits per heavy atom. The van der Waals surface area contributed by atoms with Crippen LogP contribution in [0.1, 0.15) is 17.9 Å². The predicted molar refractivity (Wildman–Crippen MR) is 55.5 cm³/mol. The highest BCUT2D eigenvalue weighted by atomic mass is 16.5. The molecule has 0 radical (unpaired) electrons. The summed E-state index contributed by atoms with van der Waals surface area (Å²) in [7, 11) is 1.90. The Bertz CT molecular complexity index is 292. The van der Waals surface area contributed by atoms with Gasteiger partial charge in [0.2, 0.25) is 0 Å². The van der Waals surface area contributed by atoms with Crippen LogP contribution >= 0.6 is 0 Å². The minimum atomic E-state index is 0.239. The van der Waals surface area contributed by atoms with E-state index in [9.17, 15) is 0 Å². The van der Waals surface area contributed by atoms with Gasteiger partial charge in [-0.1, -0.05) is 0 Å². The molecule has 1 fully saturated rings. The molecule has 15 heavy (non-hydrogen) atoms. The Kier molecular flexibility index (Phi) is 3.77. The summed E-state index contributed by atoms with van der Waals surface area (Å²) in [6.07, 6.45) is 1.23. The van der Waals surface area contributed by atoms with E-state index in [0.717, 1.165) is 31.1 Å². The SMILES string of the molecule is CNCc1ccc(COC2CCOC2)o1. The molecule has 84 valence electrons. The average molecular weight is 211 g/mol. The summed E-state index contributed by atoms with van der Waals surface area (Å²) in [4.78, 5) is 0. The van der Waals surface area contributed by atoms with Crippen molar-refractivity contribution >= 4 is 0 Å². The lowest BCUT2D eigenvalue weighted by Crippen LogP contribution is -2.11. The molecule has 0 bridgehead atoms. The van der Waals surface area contributed by atoms with E-state index < -0.39 is 0 Å². The van der Waals surface area contributed by atoms with Crippen molar-refractivity contribution in [2.45, 2.75) is 25.7 Å². The highest BCUT2D eigenvalue weighted by Gasteiger charge is 2.16. The summed E-state index contributed by atoms with van der Waals surface area (Å²) < 4.78 is 16.4. The van der Waals surface area contributed by atoms with Crippen LogP contribution in [0.3, 0.4) is 0 Å². The van der Waals surface area contributed by atoms with Gasteiger partial charge in [-0.2, -0.15) is 0 Å². The topological polar surface area (TPSA) is 43.6 Å². The minimum absolute atomic E-state index is 0.239. The maximum atomic E-state index is 5.64. The molecular weight excluding hydrogens is 194 g/mol. The summed E-state index contributed by atoms with van der Waals surface area (Å²) in [5.41, 5.74) is 0. The first kappa shape index (κ1) is 10.7. The zero-order valence-electron chi connectivity index (χ0n) is 8.99. The molecule has 1 aliphatic rings. The van der Waals surface area contributed by atoms with Crippen molar-refractivity contribution in [3.05, 3.63) is 23.7 Å². The van der Waals surface area contributed by atoms with Crippen LogP contribution < -0.4 is 5.32 Å². The zero-order chi connectivity index (χ0) is 10.5. The van der Waals surface area contributed by atoms with E-state index in [0.29, 0.717) is 13.2 Å². The summed E-state index contributed by atoms with van der Waals surface area (Å²) in [6.45, 7) is 2.82. The van der Waals surface area contributed by atoms with E-state index >= 15 is 0 Å². The van der Waals surface area contributed by atoms with Crippen molar-refractivity contribution in [1.82, 2.24) is 5.32 Å². The molecule has 1 aliphatic heterocycles. The van der Waals surface area contributed by atoms with Crippen LogP contribution in [0.15, 0.2) is 16.5 Å². The highest BCUT2D eigenvalue weighted by molar-refractivity contribution is 5.06. The molecule has 0 amide bonds. The van der Waals surface area contributed by atoms with Gasteiger partial charge >= 0.3 is 0 Å². The molecule has 1 unspecified atom stereocenters. The maximum Gasteiger partial charge on any atom is 0.129 e. The van der Waals surface area contributed by atoms with Gasteiger partial charge in [-0.15, -0.1) is 0 Å². The number of ether oxygens (including phenoxy) is 2. The van der Waals surface area contributed by atoms with Crippen LogP contribution in [0.25, 0.3) is 0 Å². The number of furan rings is 1. The Morgan fingerprint density at radius 2 is 2.33 bits per heavy atom. The van der Waals surface area contributed by atoms with Crippen molar-refractivity contribution < 1.29 is 13.9 Å². The molecule has 1 atom stereocenters. The number of rotatable bonds is 5. The molecule has 1 saturated heterocycles. The van der Waals surface area contributed by atoms with Crippen LogP contribution in [-0.4, -0.2) is 26.4 Å². The Balaban J connectivity index is 1.77. The quantitative estimate of drug-likeness (QED) is 0.797. The van der Waals surface area contributed by atoms with Crippen LogP contribution in [0, 0.1) is 0 Å². The molecule has 0 spiro atoms. The molecule has 4 nitrogen and oxygen atoms in total. The highest BCUT2D eigenvalue weighted by Crippen LogP contribution is 2.13. The van der Waals surface area contributed by atoms with Crippen molar-refractivity contribution in [1.29, 1.82) is 0 Å². The third-order valence-electron chi connectivity index (χ3n) is 2.42. The van der Waals surface area contributed by atoms with E-state index in [1.165, 1.54) is 0 Å². The lowest BCUT2D eigenvalue weighted by molar-refractivity contribution is 0.0230. The lowest BCUT2D eigenvalue weighted by atomic mass is 10.3. The summed E-state index contributed by atoms with van der Waals surface area (Å²) >= 11 is 0. The van der Waals surface area contributed by atoms with Gasteiger partial charge in [0, 0.05) is 6.61 Å². The van der Waals surface area contributed by atoms with E-state index in [-0.39, 0.29) is 6.10 Å². The van der Waals surface area contributed by atoms with Gasteiger partial charge in [0.25, 0.3) is 0 Å².